The van der Waals surface area contributed by atoms with Gasteiger partial charge in [-0.15, -0.1) is 0 Å². The maximum absolute atomic E-state index is 12.8. The number of ether oxygens (including phenoxy) is 2. The number of rotatable bonds is 8. The van der Waals surface area contributed by atoms with Crippen LogP contribution in [0.2, 0.25) is 0 Å². The van der Waals surface area contributed by atoms with E-state index in [1.54, 1.807) is 32.2 Å². The molecule has 8 nitrogen and oxygen atoms in total. The summed E-state index contributed by atoms with van der Waals surface area (Å²) in [6, 6.07) is 9.99. The minimum atomic E-state index is -0.981. The number of fused-ring (bicyclic) bond motifs is 3. The first-order valence-corrected chi connectivity index (χ1v) is 9.81. The Kier molecular flexibility index (Phi) is 6.90. The number of benzene rings is 1. The quantitative estimate of drug-likeness (QED) is 0.450. The molecule has 8 heteroatoms. The van der Waals surface area contributed by atoms with Crippen molar-refractivity contribution in [3.05, 3.63) is 48.3 Å². The van der Waals surface area contributed by atoms with E-state index in [4.69, 9.17) is 9.47 Å². The zero-order valence-corrected chi connectivity index (χ0v) is 16.9. The van der Waals surface area contributed by atoms with Crippen LogP contribution < -0.4 is 5.32 Å². The van der Waals surface area contributed by atoms with Gasteiger partial charge in [-0.05, 0) is 32.4 Å². The normalized spacial score (nSPS) is 11.8. The number of carbonyl (C=O) groups is 3. The first-order chi connectivity index (χ1) is 14.5. The van der Waals surface area contributed by atoms with Gasteiger partial charge in [-0.3, -0.25) is 14.6 Å². The molecule has 0 saturated carbocycles. The number of pyridine rings is 2. The lowest BCUT2D eigenvalue weighted by Gasteiger charge is -2.17. The van der Waals surface area contributed by atoms with Gasteiger partial charge in [0.15, 0.2) is 0 Å². The standard InChI is InChI=1S/C22H23N3O5/c1-3-29-18(26)12-11-17(22(28)30-4-2)25-21(27)16-10-9-15-8-7-14-6-5-13-23-19(14)20(15)24-16/h5-10,13,17H,3-4,11-12H2,1-2H3,(H,25,27)/t17-/m0/s1. The largest absolute Gasteiger partial charge is 0.466 e. The average molecular weight is 409 g/mol. The Morgan fingerprint density at radius 1 is 0.967 bits per heavy atom. The fraction of sp³-hybridized carbons (Fsp3) is 0.318. The van der Waals surface area contributed by atoms with Gasteiger partial charge in [0, 0.05) is 23.4 Å². The highest BCUT2D eigenvalue weighted by molar-refractivity contribution is 6.05. The number of hydrogen-bond donors (Lipinski definition) is 1. The summed E-state index contributed by atoms with van der Waals surface area (Å²) >= 11 is 0. The van der Waals surface area contributed by atoms with Crippen LogP contribution in [0.4, 0.5) is 0 Å². The van der Waals surface area contributed by atoms with Crippen molar-refractivity contribution in [3.63, 3.8) is 0 Å². The number of nitrogens with one attached hydrogen (secondary N) is 1. The van der Waals surface area contributed by atoms with Crippen LogP contribution in [0.15, 0.2) is 42.6 Å². The third-order valence-electron chi connectivity index (χ3n) is 4.48. The van der Waals surface area contributed by atoms with Crippen LogP contribution in [0.25, 0.3) is 21.8 Å². The first-order valence-electron chi connectivity index (χ1n) is 9.81. The van der Waals surface area contributed by atoms with Crippen LogP contribution in [0, 0.1) is 0 Å². The van der Waals surface area contributed by atoms with Crippen molar-refractivity contribution in [3.8, 4) is 0 Å². The van der Waals surface area contributed by atoms with Crippen LogP contribution in [0.3, 0.4) is 0 Å². The Morgan fingerprint density at radius 3 is 2.40 bits per heavy atom. The summed E-state index contributed by atoms with van der Waals surface area (Å²) in [5.41, 5.74) is 1.43. The Labute approximate surface area is 173 Å². The van der Waals surface area contributed by atoms with Gasteiger partial charge in [-0.25, -0.2) is 9.78 Å². The molecule has 1 aromatic carbocycles. The minimum Gasteiger partial charge on any atom is -0.466 e. The molecule has 2 heterocycles. The van der Waals surface area contributed by atoms with E-state index >= 15 is 0 Å². The lowest BCUT2D eigenvalue weighted by atomic mass is 10.1. The Bertz CT molecular complexity index is 1080. The molecule has 30 heavy (non-hydrogen) atoms. The number of carbonyl (C=O) groups excluding carboxylic acids is 3. The average Bonchev–Trinajstić information content (AvgIpc) is 2.76. The number of aromatic nitrogens is 2. The monoisotopic (exact) mass is 409 g/mol. The van der Waals surface area contributed by atoms with E-state index in [9.17, 15) is 14.4 Å². The van der Waals surface area contributed by atoms with Crippen molar-refractivity contribution < 1.29 is 23.9 Å². The fourth-order valence-electron chi connectivity index (χ4n) is 3.07. The molecule has 2 aromatic heterocycles. The van der Waals surface area contributed by atoms with Crippen LogP contribution in [-0.4, -0.2) is 47.1 Å². The van der Waals surface area contributed by atoms with Gasteiger partial charge in [-0.2, -0.15) is 0 Å². The third-order valence-corrected chi connectivity index (χ3v) is 4.48. The molecule has 0 aliphatic heterocycles. The second-order valence-electron chi connectivity index (χ2n) is 6.53. The molecule has 0 spiro atoms. The second-order valence-corrected chi connectivity index (χ2v) is 6.53. The van der Waals surface area contributed by atoms with Crippen molar-refractivity contribution >= 4 is 39.7 Å². The predicted molar refractivity (Wildman–Crippen MR) is 111 cm³/mol. The molecule has 156 valence electrons. The third kappa shape index (κ3) is 4.89. The SMILES string of the molecule is CCOC(=O)CC[C@H](NC(=O)c1ccc2ccc3cccnc3c2n1)C(=O)OCC. The molecule has 3 aromatic rings. The molecule has 0 bridgehead atoms. The predicted octanol–water partition coefficient (Wildman–Crippen LogP) is 2.79. The zero-order chi connectivity index (χ0) is 21.5. The van der Waals surface area contributed by atoms with E-state index < -0.39 is 23.9 Å². The summed E-state index contributed by atoms with van der Waals surface area (Å²) in [6.45, 7) is 3.78. The molecule has 0 aliphatic rings. The Balaban J connectivity index is 1.83. The minimum absolute atomic E-state index is 0.0166. The molecule has 0 unspecified atom stereocenters. The van der Waals surface area contributed by atoms with Crippen LogP contribution >= 0.6 is 0 Å². The van der Waals surface area contributed by atoms with Gasteiger partial charge in [0.2, 0.25) is 0 Å². The van der Waals surface area contributed by atoms with Gasteiger partial charge < -0.3 is 14.8 Å². The molecule has 0 aliphatic carbocycles. The van der Waals surface area contributed by atoms with Crippen LogP contribution in [0.5, 0.6) is 0 Å². The van der Waals surface area contributed by atoms with Crippen molar-refractivity contribution in [1.82, 2.24) is 15.3 Å². The number of esters is 2. The fourth-order valence-corrected chi connectivity index (χ4v) is 3.07. The van der Waals surface area contributed by atoms with Gasteiger partial charge in [0.1, 0.15) is 11.7 Å². The lowest BCUT2D eigenvalue weighted by Crippen LogP contribution is -2.42. The molecule has 3 rings (SSSR count). The highest BCUT2D eigenvalue weighted by Gasteiger charge is 2.24. The summed E-state index contributed by atoms with van der Waals surface area (Å²) < 4.78 is 9.91. The smallest absolute Gasteiger partial charge is 0.328 e. The van der Waals surface area contributed by atoms with E-state index in [1.165, 1.54) is 0 Å². The van der Waals surface area contributed by atoms with E-state index in [0.717, 1.165) is 10.8 Å². The van der Waals surface area contributed by atoms with E-state index in [1.807, 2.05) is 24.3 Å². The Morgan fingerprint density at radius 2 is 1.67 bits per heavy atom. The van der Waals surface area contributed by atoms with Crippen molar-refractivity contribution in [2.45, 2.75) is 32.7 Å². The maximum atomic E-state index is 12.8. The van der Waals surface area contributed by atoms with Gasteiger partial charge in [-0.1, -0.05) is 24.3 Å². The summed E-state index contributed by atoms with van der Waals surface area (Å²) in [6.07, 6.45) is 1.72. The zero-order valence-electron chi connectivity index (χ0n) is 16.9. The Hall–Kier alpha value is -3.55. The molecule has 1 N–H and O–H groups in total. The van der Waals surface area contributed by atoms with Gasteiger partial charge >= 0.3 is 11.9 Å². The highest BCUT2D eigenvalue weighted by Crippen LogP contribution is 2.22. The number of hydrogen-bond acceptors (Lipinski definition) is 7. The molecule has 1 atom stereocenters. The van der Waals surface area contributed by atoms with Crippen molar-refractivity contribution in [2.24, 2.45) is 0 Å². The topological polar surface area (TPSA) is 107 Å². The number of nitrogens with zero attached hydrogens (tertiary/aromatic N) is 2. The molecule has 0 saturated heterocycles. The van der Waals surface area contributed by atoms with Crippen LogP contribution in [0.1, 0.15) is 37.2 Å². The molecule has 0 radical (unpaired) electrons. The van der Waals surface area contributed by atoms with Crippen molar-refractivity contribution in [2.75, 3.05) is 13.2 Å². The summed E-state index contributed by atoms with van der Waals surface area (Å²) in [5.74, 6) is -1.59. The second kappa shape index (κ2) is 9.78. The summed E-state index contributed by atoms with van der Waals surface area (Å²) in [4.78, 5) is 45.5. The summed E-state index contributed by atoms with van der Waals surface area (Å²) in [7, 11) is 0. The number of amides is 1. The molecule has 0 fully saturated rings. The van der Waals surface area contributed by atoms with Gasteiger partial charge in [0.25, 0.3) is 5.91 Å². The van der Waals surface area contributed by atoms with E-state index in [0.29, 0.717) is 11.0 Å². The molecule has 1 amide bonds. The summed E-state index contributed by atoms with van der Waals surface area (Å²) in [5, 5.41) is 4.38. The highest BCUT2D eigenvalue weighted by atomic mass is 16.5. The first kappa shape index (κ1) is 21.2. The van der Waals surface area contributed by atoms with E-state index in [2.05, 4.69) is 15.3 Å². The lowest BCUT2D eigenvalue weighted by molar-refractivity contribution is -0.146. The maximum Gasteiger partial charge on any atom is 0.328 e. The van der Waals surface area contributed by atoms with Crippen LogP contribution in [-0.2, 0) is 19.1 Å². The van der Waals surface area contributed by atoms with Gasteiger partial charge in [0.05, 0.1) is 24.2 Å². The molecular weight excluding hydrogens is 386 g/mol. The van der Waals surface area contributed by atoms with Crippen molar-refractivity contribution in [1.29, 1.82) is 0 Å². The van der Waals surface area contributed by atoms with E-state index in [-0.39, 0.29) is 31.7 Å². The molecular formula is C22H23N3O5.